The Balaban J connectivity index is 2.47. The number of rotatable bonds is 1. The van der Waals surface area contributed by atoms with Crippen LogP contribution in [-0.4, -0.2) is 20.3 Å². The van der Waals surface area contributed by atoms with Gasteiger partial charge in [-0.15, -0.1) is 0 Å². The summed E-state index contributed by atoms with van der Waals surface area (Å²) in [6, 6.07) is 0. The minimum Gasteiger partial charge on any atom is -0.297 e. The molecule has 54 valence electrons. The van der Waals surface area contributed by atoms with Crippen molar-refractivity contribution in [3.05, 3.63) is 0 Å². The van der Waals surface area contributed by atoms with Gasteiger partial charge in [0.2, 0.25) is 0 Å². The fraction of sp³-hybridized carbons (Fsp3) is 1.00. The smallest absolute Gasteiger partial charge is 0.297 e. The van der Waals surface area contributed by atoms with Crippen molar-refractivity contribution < 1.29 is 13.6 Å². The first-order valence-electron chi connectivity index (χ1n) is 2.85. The van der Waals surface area contributed by atoms with Gasteiger partial charge in [-0.1, -0.05) is 0 Å². The molecule has 4 nitrogen and oxygen atoms in total. The van der Waals surface area contributed by atoms with E-state index in [1.54, 1.807) is 7.05 Å². The molecule has 1 heterocycles. The Labute approximate surface area is 54.1 Å². The van der Waals surface area contributed by atoms with Gasteiger partial charge in [-0.3, -0.25) is 9.05 Å². The molecule has 1 rings (SSSR count). The molecule has 0 aromatic carbocycles. The second-order valence-corrected chi connectivity index (χ2v) is 3.70. The van der Waals surface area contributed by atoms with Crippen LogP contribution in [0.1, 0.15) is 6.42 Å². The third-order valence-electron chi connectivity index (χ3n) is 1.09. The number of hydrogen-bond donors (Lipinski definition) is 1. The molecule has 0 bridgehead atoms. The summed E-state index contributed by atoms with van der Waals surface area (Å²) in [6.07, 6.45) is 0.825. The van der Waals surface area contributed by atoms with Crippen LogP contribution in [0, 0.1) is 0 Å². The lowest BCUT2D eigenvalue weighted by Crippen LogP contribution is -2.16. The van der Waals surface area contributed by atoms with Crippen molar-refractivity contribution in [3.8, 4) is 0 Å². The van der Waals surface area contributed by atoms with Gasteiger partial charge in [0.25, 0.3) is 0 Å². The van der Waals surface area contributed by atoms with Crippen LogP contribution in [0.2, 0.25) is 0 Å². The van der Waals surface area contributed by atoms with Crippen LogP contribution >= 0.6 is 7.75 Å². The zero-order chi connectivity index (χ0) is 6.74. The van der Waals surface area contributed by atoms with Crippen molar-refractivity contribution in [1.82, 2.24) is 5.09 Å². The predicted molar refractivity (Wildman–Crippen MR) is 33.2 cm³/mol. The monoisotopic (exact) mass is 151 g/mol. The van der Waals surface area contributed by atoms with E-state index in [4.69, 9.17) is 9.05 Å². The minimum atomic E-state index is -2.84. The topological polar surface area (TPSA) is 47.6 Å². The second-order valence-electron chi connectivity index (χ2n) is 1.74. The SMILES string of the molecule is CNP1(=O)OCCCO1. The van der Waals surface area contributed by atoms with Gasteiger partial charge < -0.3 is 0 Å². The summed E-state index contributed by atoms with van der Waals surface area (Å²) >= 11 is 0. The van der Waals surface area contributed by atoms with Gasteiger partial charge in [-0.25, -0.2) is 9.65 Å². The van der Waals surface area contributed by atoms with Crippen molar-refractivity contribution >= 4 is 7.75 Å². The highest BCUT2D eigenvalue weighted by molar-refractivity contribution is 7.51. The molecule has 1 fully saturated rings. The second kappa shape index (κ2) is 2.80. The molecule has 0 amide bonds. The van der Waals surface area contributed by atoms with E-state index in [1.807, 2.05) is 0 Å². The maximum absolute atomic E-state index is 11.0. The maximum atomic E-state index is 11.0. The van der Waals surface area contributed by atoms with Crippen molar-refractivity contribution in [3.63, 3.8) is 0 Å². The van der Waals surface area contributed by atoms with E-state index < -0.39 is 7.75 Å². The van der Waals surface area contributed by atoms with Crippen LogP contribution in [0.15, 0.2) is 0 Å². The Hall–Kier alpha value is 0.110. The van der Waals surface area contributed by atoms with Crippen LogP contribution < -0.4 is 5.09 Å². The molecule has 9 heavy (non-hydrogen) atoms. The van der Waals surface area contributed by atoms with Gasteiger partial charge in [0.1, 0.15) is 0 Å². The van der Waals surface area contributed by atoms with Crippen molar-refractivity contribution in [2.75, 3.05) is 20.3 Å². The zero-order valence-corrected chi connectivity index (χ0v) is 6.19. The molecule has 1 aliphatic rings. The zero-order valence-electron chi connectivity index (χ0n) is 5.29. The van der Waals surface area contributed by atoms with Crippen LogP contribution in [0.5, 0.6) is 0 Å². The lowest BCUT2D eigenvalue weighted by molar-refractivity contribution is 0.141. The van der Waals surface area contributed by atoms with E-state index in [0.717, 1.165) is 6.42 Å². The molecule has 1 aliphatic heterocycles. The molecule has 0 atom stereocenters. The standard InChI is InChI=1S/C4H10NO3P/c1-5-9(6)7-3-2-4-8-9/h2-4H2,1H3,(H,5,6). The normalized spacial score (nSPS) is 25.9. The predicted octanol–water partition coefficient (Wildman–Crippen LogP) is 0.751. The first-order chi connectivity index (χ1) is 4.27. The fourth-order valence-corrected chi connectivity index (χ4v) is 1.67. The largest absolute Gasteiger partial charge is 0.405 e. The average molecular weight is 151 g/mol. The molecule has 0 unspecified atom stereocenters. The van der Waals surface area contributed by atoms with E-state index in [0.29, 0.717) is 13.2 Å². The Morgan fingerprint density at radius 3 is 2.33 bits per heavy atom. The summed E-state index contributed by atoms with van der Waals surface area (Å²) in [5.41, 5.74) is 0. The van der Waals surface area contributed by atoms with E-state index in [2.05, 4.69) is 5.09 Å². The quantitative estimate of drug-likeness (QED) is 0.562. The first-order valence-corrected chi connectivity index (χ1v) is 4.39. The molecule has 0 aliphatic carbocycles. The Morgan fingerprint density at radius 2 is 2.00 bits per heavy atom. The summed E-state index contributed by atoms with van der Waals surface area (Å²) in [5.74, 6) is 0. The highest BCUT2D eigenvalue weighted by Crippen LogP contribution is 2.45. The maximum Gasteiger partial charge on any atom is 0.405 e. The van der Waals surface area contributed by atoms with Crippen molar-refractivity contribution in [2.24, 2.45) is 0 Å². The molecule has 0 spiro atoms. The molecule has 0 saturated carbocycles. The molecular weight excluding hydrogens is 141 g/mol. The van der Waals surface area contributed by atoms with Gasteiger partial charge in [0.15, 0.2) is 0 Å². The minimum absolute atomic E-state index is 0.526. The van der Waals surface area contributed by atoms with Crippen LogP contribution in [0.25, 0.3) is 0 Å². The van der Waals surface area contributed by atoms with Crippen molar-refractivity contribution in [2.45, 2.75) is 6.42 Å². The van der Waals surface area contributed by atoms with E-state index in [9.17, 15) is 4.57 Å². The van der Waals surface area contributed by atoms with Gasteiger partial charge in [-0.2, -0.15) is 0 Å². The molecule has 0 aromatic rings. The van der Waals surface area contributed by atoms with Gasteiger partial charge in [0.05, 0.1) is 13.2 Å². The molecule has 1 saturated heterocycles. The van der Waals surface area contributed by atoms with Gasteiger partial charge in [-0.05, 0) is 13.5 Å². The Morgan fingerprint density at radius 1 is 1.44 bits per heavy atom. The number of hydrogen-bond acceptors (Lipinski definition) is 3. The first kappa shape index (κ1) is 7.22. The molecule has 1 N–H and O–H groups in total. The highest BCUT2D eigenvalue weighted by atomic mass is 31.2. The molecule has 5 heteroatoms. The fourth-order valence-electron chi connectivity index (χ4n) is 0.595. The third kappa shape index (κ3) is 1.76. The van der Waals surface area contributed by atoms with Crippen LogP contribution in [0.4, 0.5) is 0 Å². The van der Waals surface area contributed by atoms with Crippen LogP contribution in [0.3, 0.4) is 0 Å². The lowest BCUT2D eigenvalue weighted by Gasteiger charge is -2.21. The van der Waals surface area contributed by atoms with Crippen LogP contribution in [-0.2, 0) is 13.6 Å². The summed E-state index contributed by atoms with van der Waals surface area (Å²) in [6.45, 7) is 1.05. The summed E-state index contributed by atoms with van der Waals surface area (Å²) in [5, 5.41) is 2.49. The average Bonchev–Trinajstić information content (AvgIpc) is 1.90. The summed E-state index contributed by atoms with van der Waals surface area (Å²) < 4.78 is 20.7. The summed E-state index contributed by atoms with van der Waals surface area (Å²) in [4.78, 5) is 0. The van der Waals surface area contributed by atoms with E-state index >= 15 is 0 Å². The molecule has 0 aromatic heterocycles. The Bertz CT molecular complexity index is 128. The molecular formula is C4H10NO3P. The van der Waals surface area contributed by atoms with Crippen molar-refractivity contribution in [1.29, 1.82) is 0 Å². The molecule has 0 radical (unpaired) electrons. The lowest BCUT2D eigenvalue weighted by atomic mass is 10.5. The van der Waals surface area contributed by atoms with E-state index in [1.165, 1.54) is 0 Å². The third-order valence-corrected chi connectivity index (χ3v) is 2.68. The van der Waals surface area contributed by atoms with Gasteiger partial charge in [0, 0.05) is 0 Å². The summed E-state index contributed by atoms with van der Waals surface area (Å²) in [7, 11) is -1.28. The number of nitrogens with one attached hydrogen (secondary N) is 1. The van der Waals surface area contributed by atoms with E-state index in [-0.39, 0.29) is 0 Å². The Kier molecular flexibility index (Phi) is 2.24. The highest BCUT2D eigenvalue weighted by Gasteiger charge is 2.24. The van der Waals surface area contributed by atoms with Gasteiger partial charge >= 0.3 is 7.75 Å².